The molecule has 0 heterocycles. The highest BCUT2D eigenvalue weighted by molar-refractivity contribution is 6.39. The van der Waals surface area contributed by atoms with Crippen molar-refractivity contribution in [2.24, 2.45) is 4.99 Å². The third-order valence-corrected chi connectivity index (χ3v) is 4.63. The van der Waals surface area contributed by atoms with Gasteiger partial charge in [-0.25, -0.2) is 0 Å². The largest absolute Gasteiger partial charge is 0.457 e. The first-order valence-corrected chi connectivity index (χ1v) is 9.17. The summed E-state index contributed by atoms with van der Waals surface area (Å²) in [5.74, 6) is 1.49. The molecular formula is C21H16Cl3NO. The Hall–Kier alpha value is -2.00. The first kappa shape index (κ1) is 18.8. The second kappa shape index (κ2) is 8.59. The van der Waals surface area contributed by atoms with E-state index in [-0.39, 0.29) is 6.04 Å². The number of aliphatic imine (C=N–C) groups is 1. The van der Waals surface area contributed by atoms with Gasteiger partial charge in [-0.1, -0.05) is 65.1 Å². The maximum absolute atomic E-state index is 6.28. The molecule has 0 bridgehead atoms. The minimum atomic E-state index is -0.225. The summed E-state index contributed by atoms with van der Waals surface area (Å²) in [4.78, 5) is 4.60. The summed E-state index contributed by atoms with van der Waals surface area (Å²) in [6.07, 6.45) is 1.77. The van der Waals surface area contributed by atoms with E-state index in [1.165, 1.54) is 0 Å². The predicted molar refractivity (Wildman–Crippen MR) is 110 cm³/mol. The first-order chi connectivity index (χ1) is 12.5. The number of ether oxygens (including phenoxy) is 1. The molecule has 2 nitrogen and oxygen atoms in total. The summed E-state index contributed by atoms with van der Waals surface area (Å²) < 4.78 is 5.95. The smallest absolute Gasteiger partial charge is 0.136 e. The van der Waals surface area contributed by atoms with E-state index in [4.69, 9.17) is 39.5 Å². The lowest BCUT2D eigenvalue weighted by Gasteiger charge is -2.13. The lowest BCUT2D eigenvalue weighted by atomic mass is 10.1. The Bertz CT molecular complexity index is 903. The van der Waals surface area contributed by atoms with Gasteiger partial charge in [0.05, 0.1) is 6.04 Å². The molecule has 0 aliphatic heterocycles. The lowest BCUT2D eigenvalue weighted by Crippen LogP contribution is -1.96. The highest BCUT2D eigenvalue weighted by Crippen LogP contribution is 2.35. The van der Waals surface area contributed by atoms with Gasteiger partial charge < -0.3 is 4.74 Å². The van der Waals surface area contributed by atoms with Gasteiger partial charge in [0.15, 0.2) is 0 Å². The Morgan fingerprint density at radius 2 is 1.50 bits per heavy atom. The number of hydrogen-bond donors (Lipinski definition) is 0. The van der Waals surface area contributed by atoms with Gasteiger partial charge in [0.1, 0.15) is 11.5 Å². The molecule has 26 heavy (non-hydrogen) atoms. The van der Waals surface area contributed by atoms with Crippen LogP contribution in [0.15, 0.2) is 71.7 Å². The number of para-hydroxylation sites is 2. The zero-order valence-electron chi connectivity index (χ0n) is 14.0. The summed E-state index contributed by atoms with van der Waals surface area (Å²) in [7, 11) is 0. The summed E-state index contributed by atoms with van der Waals surface area (Å²) in [6, 6.07) is 20.4. The fraction of sp³-hybridized carbons (Fsp3) is 0.0952. The van der Waals surface area contributed by atoms with Crippen molar-refractivity contribution < 1.29 is 4.74 Å². The van der Waals surface area contributed by atoms with Crippen molar-refractivity contribution >= 4 is 41.0 Å². The number of hydrogen-bond acceptors (Lipinski definition) is 2. The molecule has 3 aromatic rings. The Morgan fingerprint density at radius 3 is 2.19 bits per heavy atom. The summed E-state index contributed by atoms with van der Waals surface area (Å²) in [6.45, 7) is 1.93. The monoisotopic (exact) mass is 403 g/mol. The minimum absolute atomic E-state index is 0.225. The molecular weight excluding hydrogens is 389 g/mol. The molecule has 0 aromatic heterocycles. The predicted octanol–water partition coefficient (Wildman–Crippen LogP) is 7.62. The molecule has 0 radical (unpaired) electrons. The van der Waals surface area contributed by atoms with Crippen molar-refractivity contribution in [2.75, 3.05) is 0 Å². The van der Waals surface area contributed by atoms with E-state index in [2.05, 4.69) is 4.99 Å². The Morgan fingerprint density at radius 1 is 0.885 bits per heavy atom. The third kappa shape index (κ3) is 4.59. The standard InChI is InChI=1S/C21H16Cl3NO/c1-14(21-18(23)11-16(22)12-19(21)24)25-13-15-7-5-6-10-20(15)26-17-8-3-2-4-9-17/h2-14H,1H3. The van der Waals surface area contributed by atoms with Gasteiger partial charge >= 0.3 is 0 Å². The van der Waals surface area contributed by atoms with Crippen LogP contribution in [0, 0.1) is 0 Å². The van der Waals surface area contributed by atoms with E-state index in [1.807, 2.05) is 61.5 Å². The molecule has 0 saturated carbocycles. The number of halogens is 3. The molecule has 1 atom stereocenters. The van der Waals surface area contributed by atoms with Crippen molar-refractivity contribution in [3.63, 3.8) is 0 Å². The molecule has 0 spiro atoms. The van der Waals surface area contributed by atoms with Gasteiger partial charge in [-0.05, 0) is 43.3 Å². The van der Waals surface area contributed by atoms with Crippen molar-refractivity contribution in [3.8, 4) is 11.5 Å². The molecule has 1 unspecified atom stereocenters. The fourth-order valence-corrected chi connectivity index (χ4v) is 3.65. The maximum Gasteiger partial charge on any atom is 0.136 e. The Balaban J connectivity index is 1.85. The molecule has 0 saturated heterocycles. The number of rotatable bonds is 5. The highest BCUT2D eigenvalue weighted by Gasteiger charge is 2.14. The minimum Gasteiger partial charge on any atom is -0.457 e. The van der Waals surface area contributed by atoms with E-state index in [0.717, 1.165) is 22.6 Å². The van der Waals surface area contributed by atoms with Crippen LogP contribution in [-0.4, -0.2) is 6.21 Å². The molecule has 0 aliphatic carbocycles. The SMILES string of the molecule is CC(N=Cc1ccccc1Oc1ccccc1)c1c(Cl)cc(Cl)cc1Cl. The van der Waals surface area contributed by atoms with Gasteiger partial charge in [-0.2, -0.15) is 0 Å². The summed E-state index contributed by atoms with van der Waals surface area (Å²) in [5, 5.41) is 1.50. The van der Waals surface area contributed by atoms with Crippen LogP contribution in [-0.2, 0) is 0 Å². The van der Waals surface area contributed by atoms with Crippen molar-refractivity contribution in [1.82, 2.24) is 0 Å². The molecule has 3 rings (SSSR count). The fourth-order valence-electron chi connectivity index (χ4n) is 2.51. The average Bonchev–Trinajstić information content (AvgIpc) is 2.61. The van der Waals surface area contributed by atoms with Crippen LogP contribution in [0.4, 0.5) is 0 Å². The van der Waals surface area contributed by atoms with Gasteiger partial charge in [-0.15, -0.1) is 0 Å². The summed E-state index contributed by atoms with van der Waals surface area (Å²) in [5.41, 5.74) is 1.61. The molecule has 132 valence electrons. The van der Waals surface area contributed by atoms with Crippen LogP contribution < -0.4 is 4.74 Å². The molecule has 0 fully saturated rings. The van der Waals surface area contributed by atoms with E-state index < -0.39 is 0 Å². The third-order valence-electron chi connectivity index (χ3n) is 3.79. The lowest BCUT2D eigenvalue weighted by molar-refractivity contribution is 0.482. The van der Waals surface area contributed by atoms with Crippen LogP contribution >= 0.6 is 34.8 Å². The number of nitrogens with zero attached hydrogens (tertiary/aromatic N) is 1. The van der Waals surface area contributed by atoms with E-state index in [0.29, 0.717) is 15.1 Å². The zero-order chi connectivity index (χ0) is 18.5. The quantitative estimate of drug-likeness (QED) is 0.401. The molecule has 0 N–H and O–H groups in total. The molecule has 3 aromatic carbocycles. The Kier molecular flexibility index (Phi) is 6.20. The highest BCUT2D eigenvalue weighted by atomic mass is 35.5. The van der Waals surface area contributed by atoms with Crippen molar-refractivity contribution in [3.05, 3.63) is 92.9 Å². The van der Waals surface area contributed by atoms with Crippen molar-refractivity contribution in [1.29, 1.82) is 0 Å². The van der Waals surface area contributed by atoms with E-state index >= 15 is 0 Å². The van der Waals surface area contributed by atoms with Gasteiger partial charge in [0.2, 0.25) is 0 Å². The average molecular weight is 405 g/mol. The first-order valence-electron chi connectivity index (χ1n) is 8.04. The van der Waals surface area contributed by atoms with Gasteiger partial charge in [0, 0.05) is 32.4 Å². The maximum atomic E-state index is 6.28. The molecule has 0 amide bonds. The van der Waals surface area contributed by atoms with Crippen LogP contribution in [0.2, 0.25) is 15.1 Å². The zero-order valence-corrected chi connectivity index (χ0v) is 16.3. The van der Waals surface area contributed by atoms with Crippen LogP contribution in [0.25, 0.3) is 0 Å². The summed E-state index contributed by atoms with van der Waals surface area (Å²) >= 11 is 18.5. The van der Waals surface area contributed by atoms with Crippen LogP contribution in [0.1, 0.15) is 24.1 Å². The second-order valence-corrected chi connectivity index (χ2v) is 6.94. The van der Waals surface area contributed by atoms with Crippen molar-refractivity contribution in [2.45, 2.75) is 13.0 Å². The second-order valence-electron chi connectivity index (χ2n) is 5.69. The molecule has 0 aliphatic rings. The molecule has 5 heteroatoms. The number of benzene rings is 3. The van der Waals surface area contributed by atoms with Crippen LogP contribution in [0.5, 0.6) is 11.5 Å². The topological polar surface area (TPSA) is 21.6 Å². The van der Waals surface area contributed by atoms with E-state index in [9.17, 15) is 0 Å². The normalized spacial score (nSPS) is 12.3. The van der Waals surface area contributed by atoms with E-state index in [1.54, 1.807) is 18.3 Å². The Labute approximate surface area is 168 Å². The van der Waals surface area contributed by atoms with Gasteiger partial charge in [-0.3, -0.25) is 4.99 Å². The van der Waals surface area contributed by atoms with Crippen LogP contribution in [0.3, 0.4) is 0 Å². The van der Waals surface area contributed by atoms with Gasteiger partial charge in [0.25, 0.3) is 0 Å².